The minimum absolute atomic E-state index is 0.0555. The summed E-state index contributed by atoms with van der Waals surface area (Å²) in [6.07, 6.45) is 0. The number of nitrogens with zero attached hydrogens (tertiary/aromatic N) is 1. The summed E-state index contributed by atoms with van der Waals surface area (Å²) in [6, 6.07) is 6.39. The fraction of sp³-hybridized carbons (Fsp3) is 0.278. The summed E-state index contributed by atoms with van der Waals surface area (Å²) >= 11 is 2.16. The van der Waals surface area contributed by atoms with E-state index in [2.05, 4.69) is 32.9 Å². The van der Waals surface area contributed by atoms with E-state index < -0.39 is 23.0 Å². The van der Waals surface area contributed by atoms with Gasteiger partial charge in [-0.3, -0.25) is 0 Å². The lowest BCUT2D eigenvalue weighted by molar-refractivity contribution is 0.279. The lowest BCUT2D eigenvalue weighted by Gasteiger charge is -2.15. The van der Waals surface area contributed by atoms with E-state index in [-0.39, 0.29) is 23.8 Å². The molecule has 0 bridgehead atoms. The van der Waals surface area contributed by atoms with Crippen LogP contribution < -0.4 is 5.32 Å². The van der Waals surface area contributed by atoms with E-state index in [1.54, 1.807) is 6.07 Å². The summed E-state index contributed by atoms with van der Waals surface area (Å²) in [4.78, 5) is 4.34. The van der Waals surface area contributed by atoms with E-state index in [9.17, 15) is 13.2 Å². The van der Waals surface area contributed by atoms with Crippen molar-refractivity contribution in [2.24, 2.45) is 4.99 Å². The third-order valence-electron chi connectivity index (χ3n) is 3.81. The van der Waals surface area contributed by atoms with Gasteiger partial charge in [-0.1, -0.05) is 0 Å². The highest BCUT2D eigenvalue weighted by Gasteiger charge is 2.31. The van der Waals surface area contributed by atoms with Crippen LogP contribution in [-0.4, -0.2) is 18.0 Å². The quantitative estimate of drug-likeness (QED) is 0.498. The molecule has 0 atom stereocenters. The van der Waals surface area contributed by atoms with Crippen LogP contribution in [0.25, 0.3) is 0 Å². The van der Waals surface area contributed by atoms with E-state index in [0.717, 1.165) is 15.2 Å². The first-order valence-electron chi connectivity index (χ1n) is 7.61. The number of anilines is 2. The van der Waals surface area contributed by atoms with Gasteiger partial charge in [-0.25, -0.2) is 18.2 Å². The second kappa shape index (κ2) is 6.51. The molecular weight excluding hydrogens is 444 g/mol. The molecule has 1 aliphatic rings. The summed E-state index contributed by atoms with van der Waals surface area (Å²) in [5.41, 5.74) is 0.785. The number of rotatable bonds is 3. The van der Waals surface area contributed by atoms with Crippen molar-refractivity contribution >= 4 is 39.9 Å². The zero-order valence-electron chi connectivity index (χ0n) is 13.9. The molecule has 0 amide bonds. The maximum absolute atomic E-state index is 14.5. The molecule has 1 heterocycles. The van der Waals surface area contributed by atoms with Crippen molar-refractivity contribution in [3.05, 3.63) is 56.4 Å². The van der Waals surface area contributed by atoms with E-state index >= 15 is 0 Å². The van der Waals surface area contributed by atoms with Gasteiger partial charge in [-0.15, -0.1) is 0 Å². The molecule has 0 aromatic heterocycles. The minimum atomic E-state index is -1.53. The van der Waals surface area contributed by atoms with Gasteiger partial charge in [0.1, 0.15) is 6.61 Å². The molecule has 2 aromatic rings. The number of hydrogen-bond donors (Lipinski definition) is 1. The molecule has 3 nitrogen and oxygen atoms in total. The van der Waals surface area contributed by atoms with Crippen molar-refractivity contribution in [2.45, 2.75) is 26.3 Å². The Balaban J connectivity index is 2.13. The lowest BCUT2D eigenvalue weighted by Crippen LogP contribution is -2.17. The Bertz CT molecular complexity index is 881. The van der Waals surface area contributed by atoms with E-state index in [4.69, 9.17) is 4.74 Å². The van der Waals surface area contributed by atoms with Crippen molar-refractivity contribution in [3.8, 4) is 0 Å². The van der Waals surface area contributed by atoms with Crippen molar-refractivity contribution in [1.82, 2.24) is 0 Å². The molecule has 1 N–H and O–H groups in total. The molecule has 2 aromatic carbocycles. The van der Waals surface area contributed by atoms with Crippen LogP contribution in [0.4, 0.5) is 24.5 Å². The monoisotopic (exact) mass is 460 g/mol. The van der Waals surface area contributed by atoms with Gasteiger partial charge in [0, 0.05) is 9.26 Å². The molecule has 3 rings (SSSR count). The maximum Gasteiger partial charge on any atom is 0.219 e. The van der Waals surface area contributed by atoms with Crippen LogP contribution in [-0.2, 0) is 4.74 Å². The second-order valence-corrected chi connectivity index (χ2v) is 7.76. The first-order chi connectivity index (χ1) is 11.7. The van der Waals surface area contributed by atoms with Crippen LogP contribution in [0.1, 0.15) is 25.0 Å². The molecule has 0 spiro atoms. The van der Waals surface area contributed by atoms with Crippen LogP contribution in [0.3, 0.4) is 0 Å². The summed E-state index contributed by atoms with van der Waals surface area (Å²) < 4.78 is 48.6. The standard InChI is InChI=1S/C18H16F3IN2O/c1-9-6-10(22)4-5-13(9)23-16-11(7-12(19)14(20)15(16)21)17-24-18(2,3)8-25-17/h4-7,23H,8H2,1-3H3. The molecule has 0 saturated heterocycles. The molecule has 0 unspecified atom stereocenters. The lowest BCUT2D eigenvalue weighted by atomic mass is 10.1. The first kappa shape index (κ1) is 18.0. The fourth-order valence-corrected chi connectivity index (χ4v) is 3.16. The highest BCUT2D eigenvalue weighted by Crippen LogP contribution is 2.33. The van der Waals surface area contributed by atoms with Crippen LogP contribution >= 0.6 is 22.6 Å². The molecule has 0 saturated carbocycles. The summed E-state index contributed by atoms with van der Waals surface area (Å²) in [5.74, 6) is -4.03. The van der Waals surface area contributed by atoms with Crippen molar-refractivity contribution < 1.29 is 17.9 Å². The van der Waals surface area contributed by atoms with Gasteiger partial charge in [-0.2, -0.15) is 0 Å². The van der Waals surface area contributed by atoms with Gasteiger partial charge in [0.15, 0.2) is 17.5 Å². The Morgan fingerprint density at radius 3 is 2.48 bits per heavy atom. The fourth-order valence-electron chi connectivity index (χ4n) is 2.51. The van der Waals surface area contributed by atoms with Crippen molar-refractivity contribution in [2.75, 3.05) is 11.9 Å². The Morgan fingerprint density at radius 1 is 1.16 bits per heavy atom. The Kier molecular flexibility index (Phi) is 4.70. The van der Waals surface area contributed by atoms with E-state index in [1.807, 2.05) is 32.9 Å². The van der Waals surface area contributed by atoms with Crippen LogP contribution in [0.15, 0.2) is 29.3 Å². The summed E-state index contributed by atoms with van der Waals surface area (Å²) in [7, 11) is 0. The predicted molar refractivity (Wildman–Crippen MR) is 100 cm³/mol. The third kappa shape index (κ3) is 3.61. The molecule has 132 valence electrons. The molecule has 0 fully saturated rings. The number of aryl methyl sites for hydroxylation is 1. The van der Waals surface area contributed by atoms with Gasteiger partial charge >= 0.3 is 0 Å². The molecule has 1 aliphatic heterocycles. The van der Waals surface area contributed by atoms with Crippen molar-refractivity contribution in [3.63, 3.8) is 0 Å². The number of aliphatic imine (C=N–C) groups is 1. The van der Waals surface area contributed by atoms with Gasteiger partial charge < -0.3 is 10.1 Å². The van der Waals surface area contributed by atoms with Gasteiger partial charge in [0.05, 0.1) is 16.8 Å². The Morgan fingerprint density at radius 2 is 1.88 bits per heavy atom. The zero-order chi connectivity index (χ0) is 18.4. The van der Waals surface area contributed by atoms with Crippen molar-refractivity contribution in [1.29, 1.82) is 0 Å². The molecular formula is C18H16F3IN2O. The van der Waals surface area contributed by atoms with Crippen LogP contribution in [0, 0.1) is 27.9 Å². The average Bonchev–Trinajstić information content (AvgIpc) is 2.89. The van der Waals surface area contributed by atoms with Gasteiger partial charge in [-0.05, 0) is 73.2 Å². The first-order valence-corrected chi connectivity index (χ1v) is 8.69. The summed E-state index contributed by atoms with van der Waals surface area (Å²) in [5, 5.41) is 2.86. The molecule has 7 heteroatoms. The smallest absolute Gasteiger partial charge is 0.219 e. The van der Waals surface area contributed by atoms with Crippen LogP contribution in [0.2, 0.25) is 0 Å². The number of nitrogens with one attached hydrogen (secondary N) is 1. The normalized spacial score (nSPS) is 15.7. The topological polar surface area (TPSA) is 33.6 Å². The molecule has 0 aliphatic carbocycles. The number of ether oxygens (including phenoxy) is 1. The third-order valence-corrected chi connectivity index (χ3v) is 4.48. The van der Waals surface area contributed by atoms with Gasteiger partial charge in [0.25, 0.3) is 0 Å². The zero-order valence-corrected chi connectivity index (χ0v) is 16.0. The predicted octanol–water partition coefficient (Wildman–Crippen LogP) is 5.32. The number of hydrogen-bond acceptors (Lipinski definition) is 3. The van der Waals surface area contributed by atoms with Crippen LogP contribution in [0.5, 0.6) is 0 Å². The largest absolute Gasteiger partial charge is 0.475 e. The number of halogens is 4. The molecule has 25 heavy (non-hydrogen) atoms. The maximum atomic E-state index is 14.5. The highest BCUT2D eigenvalue weighted by molar-refractivity contribution is 14.1. The summed E-state index contributed by atoms with van der Waals surface area (Å²) in [6.45, 7) is 5.80. The average molecular weight is 460 g/mol. The number of benzene rings is 2. The molecule has 0 radical (unpaired) electrons. The van der Waals surface area contributed by atoms with Gasteiger partial charge in [0.2, 0.25) is 5.90 Å². The second-order valence-electron chi connectivity index (χ2n) is 6.51. The minimum Gasteiger partial charge on any atom is -0.475 e. The SMILES string of the molecule is Cc1cc(I)ccc1Nc1c(C2=NC(C)(C)CO2)cc(F)c(F)c1F. The van der Waals surface area contributed by atoms with E-state index in [0.29, 0.717) is 5.69 Å². The Labute approximate surface area is 157 Å². The Hall–Kier alpha value is -1.77. The highest BCUT2D eigenvalue weighted by atomic mass is 127. The van der Waals surface area contributed by atoms with E-state index in [1.165, 1.54) is 0 Å².